The first kappa shape index (κ1) is 32.5. The van der Waals surface area contributed by atoms with E-state index in [4.69, 9.17) is 9.47 Å². The van der Waals surface area contributed by atoms with Crippen LogP contribution in [0.5, 0.6) is 0 Å². The van der Waals surface area contributed by atoms with Crippen LogP contribution in [-0.2, 0) is 19.1 Å². The maximum absolute atomic E-state index is 13.1. The molecule has 2 N–H and O–H groups in total. The van der Waals surface area contributed by atoms with Gasteiger partial charge in [0.25, 0.3) is 0 Å². The van der Waals surface area contributed by atoms with Gasteiger partial charge in [0.05, 0.1) is 0 Å². The molecular weight excluding hydrogens is 564 g/mol. The zero-order valence-corrected chi connectivity index (χ0v) is 26.3. The molecule has 44 heavy (non-hydrogen) atoms. The first-order valence-electron chi connectivity index (χ1n) is 15.0. The lowest BCUT2D eigenvalue weighted by molar-refractivity contribution is -0.121. The Balaban J connectivity index is 1.33. The van der Waals surface area contributed by atoms with E-state index < -0.39 is 35.5 Å². The van der Waals surface area contributed by atoms with Crippen LogP contribution in [0.25, 0.3) is 0 Å². The molecule has 0 spiro atoms. The zero-order valence-electron chi connectivity index (χ0n) is 26.3. The molecule has 0 aliphatic carbocycles. The Bertz CT molecular complexity index is 1290. The third kappa shape index (κ3) is 8.36. The fraction of sp³-hybridized carbons (Fsp3) is 0.485. The van der Waals surface area contributed by atoms with Crippen LogP contribution in [0, 0.1) is 0 Å². The maximum atomic E-state index is 13.1. The molecule has 0 unspecified atom stereocenters. The van der Waals surface area contributed by atoms with E-state index in [1.807, 2.05) is 0 Å². The van der Waals surface area contributed by atoms with Gasteiger partial charge in [-0.1, -0.05) is 0 Å². The van der Waals surface area contributed by atoms with Crippen molar-refractivity contribution in [1.29, 1.82) is 0 Å². The van der Waals surface area contributed by atoms with Crippen molar-refractivity contribution < 1.29 is 33.4 Å². The van der Waals surface area contributed by atoms with E-state index in [9.17, 15) is 24.0 Å². The molecule has 0 aromatic heterocycles. The monoisotopic (exact) mass is 606 g/mol. The fourth-order valence-electron chi connectivity index (χ4n) is 5.18. The van der Waals surface area contributed by atoms with Gasteiger partial charge in [0.1, 0.15) is 23.3 Å². The number of ketones is 1. The van der Waals surface area contributed by atoms with Crippen molar-refractivity contribution in [3.8, 4) is 0 Å². The molecule has 0 saturated carbocycles. The minimum absolute atomic E-state index is 0.223. The topological polar surface area (TPSA) is 134 Å². The van der Waals surface area contributed by atoms with Gasteiger partial charge in [-0.25, -0.2) is 9.59 Å². The SMILES string of the molecule is CC(C)(C)OC(=O)N1CCC[C@H]1C(=O)Nc1ccc(C(=O)c2ccc(NC(=O)[C@@H]3CCCN3C(=O)OC(C)(C)C)cc2)cc1. The summed E-state index contributed by atoms with van der Waals surface area (Å²) in [5, 5.41) is 5.67. The van der Waals surface area contributed by atoms with Crippen LogP contribution < -0.4 is 10.6 Å². The number of carbonyl (C=O) groups is 5. The number of rotatable bonds is 6. The molecule has 2 fully saturated rings. The molecule has 236 valence electrons. The van der Waals surface area contributed by atoms with Crippen LogP contribution in [0.4, 0.5) is 21.0 Å². The van der Waals surface area contributed by atoms with E-state index in [2.05, 4.69) is 10.6 Å². The summed E-state index contributed by atoms with van der Waals surface area (Å²) in [6.45, 7) is 11.6. The third-order valence-electron chi connectivity index (χ3n) is 7.20. The summed E-state index contributed by atoms with van der Waals surface area (Å²) >= 11 is 0. The molecule has 11 heteroatoms. The largest absolute Gasteiger partial charge is 0.444 e. The minimum Gasteiger partial charge on any atom is -0.444 e. The third-order valence-corrected chi connectivity index (χ3v) is 7.20. The summed E-state index contributed by atoms with van der Waals surface area (Å²) in [6, 6.07) is 11.8. The normalized spacial score (nSPS) is 18.5. The lowest BCUT2D eigenvalue weighted by atomic mass is 10.0. The summed E-state index contributed by atoms with van der Waals surface area (Å²) in [5.74, 6) is -0.840. The number of hydrogen-bond donors (Lipinski definition) is 2. The van der Waals surface area contributed by atoms with Gasteiger partial charge in [-0.3, -0.25) is 24.2 Å². The van der Waals surface area contributed by atoms with Crippen LogP contribution in [0.15, 0.2) is 48.5 Å². The average Bonchev–Trinajstić information content (AvgIpc) is 3.62. The second-order valence-corrected chi connectivity index (χ2v) is 13.1. The summed E-state index contributed by atoms with van der Waals surface area (Å²) < 4.78 is 10.9. The Kier molecular flexibility index (Phi) is 9.66. The zero-order chi connectivity index (χ0) is 32.2. The van der Waals surface area contributed by atoms with Crippen LogP contribution in [-0.4, -0.2) is 76.0 Å². The van der Waals surface area contributed by atoms with Gasteiger partial charge in [-0.15, -0.1) is 0 Å². The molecule has 2 aliphatic rings. The lowest BCUT2D eigenvalue weighted by Gasteiger charge is -2.28. The van der Waals surface area contributed by atoms with Crippen molar-refractivity contribution >= 4 is 41.2 Å². The van der Waals surface area contributed by atoms with E-state index in [-0.39, 0.29) is 17.6 Å². The maximum Gasteiger partial charge on any atom is 0.410 e. The number of ether oxygens (including phenoxy) is 2. The molecule has 4 rings (SSSR count). The number of benzene rings is 2. The van der Waals surface area contributed by atoms with Crippen LogP contribution in [0.2, 0.25) is 0 Å². The summed E-state index contributed by atoms with van der Waals surface area (Å²) in [5.41, 5.74) is 0.557. The highest BCUT2D eigenvalue weighted by atomic mass is 16.6. The summed E-state index contributed by atoms with van der Waals surface area (Å²) in [7, 11) is 0. The van der Waals surface area contributed by atoms with E-state index in [0.717, 1.165) is 0 Å². The Hall–Kier alpha value is -4.41. The molecule has 2 aromatic carbocycles. The van der Waals surface area contributed by atoms with Crippen LogP contribution >= 0.6 is 0 Å². The number of carbonyl (C=O) groups excluding carboxylic acids is 5. The Labute approximate surface area is 258 Å². The van der Waals surface area contributed by atoms with Gasteiger partial charge in [0.15, 0.2) is 5.78 Å². The van der Waals surface area contributed by atoms with Crippen LogP contribution in [0.1, 0.15) is 83.1 Å². The second-order valence-electron chi connectivity index (χ2n) is 13.1. The van der Waals surface area contributed by atoms with Crippen LogP contribution in [0.3, 0.4) is 0 Å². The molecule has 2 aromatic rings. The summed E-state index contributed by atoms with van der Waals surface area (Å²) in [6.07, 6.45) is 1.48. The highest BCUT2D eigenvalue weighted by Gasteiger charge is 2.38. The molecule has 2 saturated heterocycles. The van der Waals surface area contributed by atoms with Gasteiger partial charge in [-0.05, 0) is 116 Å². The van der Waals surface area contributed by atoms with Crippen molar-refractivity contribution in [3.05, 3.63) is 59.7 Å². The van der Waals surface area contributed by atoms with Gasteiger partial charge < -0.3 is 20.1 Å². The van der Waals surface area contributed by atoms with Crippen molar-refractivity contribution in [2.24, 2.45) is 0 Å². The molecule has 2 heterocycles. The molecule has 11 nitrogen and oxygen atoms in total. The highest BCUT2D eigenvalue weighted by molar-refractivity contribution is 6.09. The van der Waals surface area contributed by atoms with Crippen molar-refractivity contribution in [3.63, 3.8) is 0 Å². The van der Waals surface area contributed by atoms with Gasteiger partial charge in [0.2, 0.25) is 11.8 Å². The van der Waals surface area contributed by atoms with Gasteiger partial charge >= 0.3 is 12.2 Å². The molecular formula is C33H42N4O7. The Morgan fingerprint density at radius 2 is 0.955 bits per heavy atom. The predicted molar refractivity (Wildman–Crippen MR) is 165 cm³/mol. The first-order chi connectivity index (χ1) is 20.6. The quantitative estimate of drug-likeness (QED) is 0.409. The molecule has 2 aliphatic heterocycles. The highest BCUT2D eigenvalue weighted by Crippen LogP contribution is 2.25. The van der Waals surface area contributed by atoms with Crippen molar-refractivity contribution in [1.82, 2.24) is 9.80 Å². The Morgan fingerprint density at radius 1 is 0.614 bits per heavy atom. The number of amides is 4. The average molecular weight is 607 g/mol. The molecule has 4 amide bonds. The fourth-order valence-corrected chi connectivity index (χ4v) is 5.18. The number of nitrogens with one attached hydrogen (secondary N) is 2. The van der Waals surface area contributed by atoms with Crippen molar-refractivity contribution in [2.75, 3.05) is 23.7 Å². The van der Waals surface area contributed by atoms with Gasteiger partial charge in [0, 0.05) is 35.6 Å². The van der Waals surface area contributed by atoms with Crippen molar-refractivity contribution in [2.45, 2.75) is 90.5 Å². The van der Waals surface area contributed by atoms with Gasteiger partial charge in [-0.2, -0.15) is 0 Å². The minimum atomic E-state index is -0.655. The summed E-state index contributed by atoms with van der Waals surface area (Å²) in [4.78, 5) is 67.0. The lowest BCUT2D eigenvalue weighted by Crippen LogP contribution is -2.45. The number of nitrogens with zero attached hydrogens (tertiary/aromatic N) is 2. The smallest absolute Gasteiger partial charge is 0.410 e. The number of anilines is 2. The predicted octanol–water partition coefficient (Wildman–Crippen LogP) is 5.59. The second kappa shape index (κ2) is 13.1. The van der Waals surface area contributed by atoms with E-state index in [1.54, 1.807) is 90.1 Å². The number of likely N-dealkylation sites (tertiary alicyclic amines) is 2. The van der Waals surface area contributed by atoms with E-state index >= 15 is 0 Å². The first-order valence-corrected chi connectivity index (χ1v) is 15.0. The molecule has 2 atom stereocenters. The molecule has 0 bridgehead atoms. The standard InChI is InChI=1S/C33H42N4O7/c1-32(2,3)43-30(41)36-19-7-9-25(36)28(39)34-23-15-11-21(12-16-23)27(38)22-13-17-24(18-14-22)35-29(40)26-10-8-20-37(26)31(42)44-33(4,5)6/h11-18,25-26H,7-10,19-20H2,1-6H3,(H,34,39)(H,35,40)/t25-,26-/m0/s1. The Morgan fingerprint density at radius 3 is 1.27 bits per heavy atom. The van der Waals surface area contributed by atoms with E-state index in [1.165, 1.54) is 9.80 Å². The number of hydrogen-bond acceptors (Lipinski definition) is 7. The molecule has 0 radical (unpaired) electrons. The van der Waals surface area contributed by atoms with E-state index in [0.29, 0.717) is 61.3 Å².